The zero-order chi connectivity index (χ0) is 14.4. The van der Waals surface area contributed by atoms with Crippen LogP contribution in [0.5, 0.6) is 0 Å². The van der Waals surface area contributed by atoms with Crippen molar-refractivity contribution in [2.24, 2.45) is 0 Å². The minimum absolute atomic E-state index is 0.0760. The normalized spacial score (nSPS) is 10.1. The van der Waals surface area contributed by atoms with Crippen molar-refractivity contribution in [2.45, 2.75) is 20.3 Å². The van der Waals surface area contributed by atoms with Crippen molar-refractivity contribution in [3.63, 3.8) is 0 Å². The molecule has 0 bridgehead atoms. The number of nitrogens with zero attached hydrogens (tertiary/aromatic N) is 1. The third-order valence-corrected chi connectivity index (χ3v) is 2.92. The number of anilines is 1. The lowest BCUT2D eigenvalue weighted by Gasteiger charge is -2.18. The molecule has 0 aliphatic heterocycles. The summed E-state index contributed by atoms with van der Waals surface area (Å²) in [7, 11) is 0. The van der Waals surface area contributed by atoms with E-state index in [1.807, 2.05) is 13.8 Å². The fourth-order valence-electron chi connectivity index (χ4n) is 1.60. The van der Waals surface area contributed by atoms with Crippen LogP contribution in [-0.4, -0.2) is 29.8 Å². The molecule has 2 amide bonds. The van der Waals surface area contributed by atoms with Crippen molar-refractivity contribution < 1.29 is 14.0 Å². The lowest BCUT2D eigenvalue weighted by molar-refractivity contribution is -0.134. The Morgan fingerprint density at radius 3 is 2.47 bits per heavy atom. The summed E-state index contributed by atoms with van der Waals surface area (Å²) < 4.78 is 12.9. The average molecular weight is 287 g/mol. The van der Waals surface area contributed by atoms with Crippen LogP contribution in [0.3, 0.4) is 0 Å². The minimum Gasteiger partial charge on any atom is -0.343 e. The summed E-state index contributed by atoms with van der Waals surface area (Å²) in [5, 5.41) is 2.43. The van der Waals surface area contributed by atoms with Gasteiger partial charge < -0.3 is 10.2 Å². The van der Waals surface area contributed by atoms with Gasteiger partial charge >= 0.3 is 0 Å². The Hall–Kier alpha value is -1.62. The molecule has 1 aromatic carbocycles. The molecule has 0 aromatic heterocycles. The summed E-state index contributed by atoms with van der Waals surface area (Å²) in [4.78, 5) is 24.9. The van der Waals surface area contributed by atoms with Gasteiger partial charge in [-0.3, -0.25) is 9.59 Å². The van der Waals surface area contributed by atoms with Crippen LogP contribution in [0, 0.1) is 5.82 Å². The first kappa shape index (κ1) is 15.4. The third-order valence-electron chi connectivity index (χ3n) is 2.63. The number of benzene rings is 1. The fourth-order valence-corrected chi connectivity index (χ4v) is 1.79. The molecule has 1 rings (SSSR count). The van der Waals surface area contributed by atoms with Gasteiger partial charge in [-0.15, -0.1) is 0 Å². The van der Waals surface area contributed by atoms with Crippen LogP contribution in [0.25, 0.3) is 0 Å². The maximum absolute atomic E-state index is 12.9. The molecule has 0 aliphatic rings. The summed E-state index contributed by atoms with van der Waals surface area (Å²) in [5.74, 6) is -1.24. The van der Waals surface area contributed by atoms with Crippen molar-refractivity contribution in [3.05, 3.63) is 29.0 Å². The molecule has 0 fully saturated rings. The van der Waals surface area contributed by atoms with Crippen LogP contribution >= 0.6 is 11.6 Å². The molecule has 0 radical (unpaired) electrons. The number of carbonyl (C=O) groups is 2. The smallest absolute Gasteiger partial charge is 0.233 e. The first-order chi connectivity index (χ1) is 8.97. The van der Waals surface area contributed by atoms with Crippen molar-refractivity contribution in [2.75, 3.05) is 18.4 Å². The third kappa shape index (κ3) is 4.52. The van der Waals surface area contributed by atoms with E-state index >= 15 is 0 Å². The molecule has 6 heteroatoms. The molecule has 0 unspecified atom stereocenters. The van der Waals surface area contributed by atoms with E-state index in [2.05, 4.69) is 5.32 Å². The number of rotatable bonds is 5. The highest BCUT2D eigenvalue weighted by molar-refractivity contribution is 6.31. The number of hydrogen-bond acceptors (Lipinski definition) is 2. The Morgan fingerprint density at radius 1 is 1.32 bits per heavy atom. The molecule has 19 heavy (non-hydrogen) atoms. The minimum atomic E-state index is -0.557. The lowest BCUT2D eigenvalue weighted by Crippen LogP contribution is -2.33. The summed E-state index contributed by atoms with van der Waals surface area (Å²) in [5.41, 5.74) is 0.365. The molecular formula is C13H16ClFN2O2. The fraction of sp³-hybridized carbons (Fsp3) is 0.385. The average Bonchev–Trinajstić information content (AvgIpc) is 2.35. The SMILES string of the molecule is CCN(CC)C(=O)CC(=O)Nc1ccc(F)c(Cl)c1. The number of halogens is 2. The Bertz CT molecular complexity index is 476. The topological polar surface area (TPSA) is 49.4 Å². The molecule has 0 saturated heterocycles. The van der Waals surface area contributed by atoms with E-state index < -0.39 is 11.7 Å². The van der Waals surface area contributed by atoms with Gasteiger partial charge in [-0.05, 0) is 32.0 Å². The maximum atomic E-state index is 12.9. The lowest BCUT2D eigenvalue weighted by atomic mass is 10.3. The van der Waals surface area contributed by atoms with Crippen LogP contribution < -0.4 is 5.32 Å². The zero-order valence-electron chi connectivity index (χ0n) is 10.9. The summed E-state index contributed by atoms with van der Waals surface area (Å²) in [6.07, 6.45) is -0.239. The number of amides is 2. The number of nitrogens with one attached hydrogen (secondary N) is 1. The first-order valence-corrected chi connectivity index (χ1v) is 6.38. The second-order valence-electron chi connectivity index (χ2n) is 3.92. The molecule has 0 saturated carbocycles. The Balaban J connectivity index is 2.60. The van der Waals surface area contributed by atoms with Gasteiger partial charge in [0.05, 0.1) is 5.02 Å². The van der Waals surface area contributed by atoms with Gasteiger partial charge in [0.25, 0.3) is 0 Å². The zero-order valence-corrected chi connectivity index (χ0v) is 11.6. The molecule has 0 spiro atoms. The predicted octanol–water partition coefficient (Wildman–Crippen LogP) is 2.68. The highest BCUT2D eigenvalue weighted by atomic mass is 35.5. The second kappa shape index (κ2) is 7.09. The van der Waals surface area contributed by atoms with Crippen molar-refractivity contribution in [1.82, 2.24) is 4.90 Å². The molecule has 1 N–H and O–H groups in total. The van der Waals surface area contributed by atoms with Crippen molar-refractivity contribution >= 4 is 29.1 Å². The van der Waals surface area contributed by atoms with Crippen LogP contribution in [0.4, 0.5) is 10.1 Å². The van der Waals surface area contributed by atoms with Crippen LogP contribution in [-0.2, 0) is 9.59 Å². The van der Waals surface area contributed by atoms with E-state index in [-0.39, 0.29) is 17.4 Å². The Morgan fingerprint density at radius 2 is 1.95 bits per heavy atom. The van der Waals surface area contributed by atoms with E-state index in [1.165, 1.54) is 12.1 Å². The van der Waals surface area contributed by atoms with E-state index in [4.69, 9.17) is 11.6 Å². The number of hydrogen-bond donors (Lipinski definition) is 1. The van der Waals surface area contributed by atoms with Gasteiger partial charge in [0.15, 0.2) is 0 Å². The molecular weight excluding hydrogens is 271 g/mol. The van der Waals surface area contributed by atoms with Gasteiger partial charge in [0.2, 0.25) is 11.8 Å². The molecule has 104 valence electrons. The van der Waals surface area contributed by atoms with Gasteiger partial charge in [-0.25, -0.2) is 4.39 Å². The summed E-state index contributed by atoms with van der Waals surface area (Å²) >= 11 is 5.60. The van der Waals surface area contributed by atoms with Gasteiger partial charge in [-0.1, -0.05) is 11.6 Å². The van der Waals surface area contributed by atoms with E-state index in [9.17, 15) is 14.0 Å². The highest BCUT2D eigenvalue weighted by Gasteiger charge is 2.14. The molecule has 4 nitrogen and oxygen atoms in total. The van der Waals surface area contributed by atoms with E-state index in [0.717, 1.165) is 6.07 Å². The second-order valence-corrected chi connectivity index (χ2v) is 4.33. The largest absolute Gasteiger partial charge is 0.343 e. The van der Waals surface area contributed by atoms with Crippen LogP contribution in [0.15, 0.2) is 18.2 Å². The van der Waals surface area contributed by atoms with Crippen molar-refractivity contribution in [3.8, 4) is 0 Å². The molecule has 0 aliphatic carbocycles. The Kier molecular flexibility index (Phi) is 5.76. The van der Waals surface area contributed by atoms with Crippen LogP contribution in [0.1, 0.15) is 20.3 Å². The summed E-state index contributed by atoms with van der Waals surface area (Å²) in [6, 6.07) is 3.85. The standard InChI is InChI=1S/C13H16ClFN2O2/c1-3-17(4-2)13(19)8-12(18)16-9-5-6-11(15)10(14)7-9/h5-7H,3-4,8H2,1-2H3,(H,16,18). The van der Waals surface area contributed by atoms with Crippen LogP contribution in [0.2, 0.25) is 5.02 Å². The van der Waals surface area contributed by atoms with Gasteiger partial charge in [0.1, 0.15) is 12.2 Å². The summed E-state index contributed by atoms with van der Waals surface area (Å²) in [6.45, 7) is 4.81. The molecule has 1 aromatic rings. The van der Waals surface area contributed by atoms with Gasteiger partial charge in [0, 0.05) is 18.8 Å². The number of carbonyl (C=O) groups excluding carboxylic acids is 2. The maximum Gasteiger partial charge on any atom is 0.233 e. The van der Waals surface area contributed by atoms with Gasteiger partial charge in [-0.2, -0.15) is 0 Å². The quantitative estimate of drug-likeness (QED) is 0.846. The molecule has 0 heterocycles. The van der Waals surface area contributed by atoms with E-state index in [1.54, 1.807) is 4.90 Å². The van der Waals surface area contributed by atoms with Crippen molar-refractivity contribution in [1.29, 1.82) is 0 Å². The molecule has 0 atom stereocenters. The van der Waals surface area contributed by atoms with E-state index in [0.29, 0.717) is 18.8 Å². The highest BCUT2D eigenvalue weighted by Crippen LogP contribution is 2.19. The monoisotopic (exact) mass is 286 g/mol. The predicted molar refractivity (Wildman–Crippen MR) is 72.6 cm³/mol. The first-order valence-electron chi connectivity index (χ1n) is 6.00. The Labute approximate surface area is 116 Å².